The van der Waals surface area contributed by atoms with E-state index in [1.165, 1.54) is 0 Å². The van der Waals surface area contributed by atoms with Gasteiger partial charge in [0.1, 0.15) is 16.9 Å². The Kier molecular flexibility index (Phi) is 4.81. The van der Waals surface area contributed by atoms with Gasteiger partial charge in [-0.2, -0.15) is 4.98 Å². The van der Waals surface area contributed by atoms with Crippen LogP contribution in [0.4, 0.5) is 0 Å². The minimum Gasteiger partial charge on any atom is -0.481 e. The lowest BCUT2D eigenvalue weighted by Gasteiger charge is -2.25. The number of hydroxylamine groups is 1. The van der Waals surface area contributed by atoms with Gasteiger partial charge in [-0.3, -0.25) is 10.0 Å². The van der Waals surface area contributed by atoms with Gasteiger partial charge in [-0.05, 0) is 36.2 Å². The normalized spacial score (nSPS) is 18.8. The summed E-state index contributed by atoms with van der Waals surface area (Å²) in [5.41, 5.74) is 2.15. The predicted octanol–water partition coefficient (Wildman–Crippen LogP) is 2.59. The molecule has 1 amide bonds. The van der Waals surface area contributed by atoms with E-state index >= 15 is 0 Å². The molecule has 2 aromatic heterocycles. The van der Waals surface area contributed by atoms with E-state index < -0.39 is 11.3 Å². The van der Waals surface area contributed by atoms with Crippen LogP contribution in [0, 0.1) is 0 Å². The van der Waals surface area contributed by atoms with Gasteiger partial charge in [0.2, 0.25) is 5.88 Å². The second-order valence-electron chi connectivity index (χ2n) is 6.49. The zero-order valence-electron chi connectivity index (χ0n) is 15.2. The quantitative estimate of drug-likeness (QED) is 0.517. The van der Waals surface area contributed by atoms with Crippen LogP contribution in [0.25, 0.3) is 11.0 Å². The average Bonchev–Trinajstić information content (AvgIpc) is 3.24. The van der Waals surface area contributed by atoms with E-state index in [0.717, 1.165) is 10.9 Å². The third-order valence-electron chi connectivity index (χ3n) is 4.94. The number of carbonyl (C=O) groups is 1. The number of methoxy groups -OCH3 is 1. The molecule has 8 heteroatoms. The fourth-order valence-electron chi connectivity index (χ4n) is 3.37. The second kappa shape index (κ2) is 7.41. The zero-order valence-corrected chi connectivity index (χ0v) is 15.2. The number of rotatable bonds is 5. The van der Waals surface area contributed by atoms with Crippen LogP contribution >= 0.6 is 0 Å². The van der Waals surface area contributed by atoms with Crippen molar-refractivity contribution in [3.63, 3.8) is 0 Å². The summed E-state index contributed by atoms with van der Waals surface area (Å²) in [5.74, 6) is 1.22. The smallest absolute Gasteiger partial charge is 0.256 e. The van der Waals surface area contributed by atoms with Crippen molar-refractivity contribution in [2.45, 2.75) is 11.8 Å². The number of nitrogens with one attached hydrogen (secondary N) is 1. The number of fused-ring (bicyclic) bond motifs is 1. The first-order valence-electron chi connectivity index (χ1n) is 8.77. The van der Waals surface area contributed by atoms with Gasteiger partial charge < -0.3 is 14.2 Å². The van der Waals surface area contributed by atoms with Crippen molar-refractivity contribution >= 4 is 16.9 Å². The molecule has 28 heavy (non-hydrogen) atoms. The Labute approximate surface area is 161 Å². The lowest BCUT2D eigenvalue weighted by Crippen LogP contribution is -2.43. The maximum Gasteiger partial charge on any atom is 0.256 e. The first kappa shape index (κ1) is 18.1. The Balaban J connectivity index is 1.62. The minimum absolute atomic E-state index is 0.224. The number of ether oxygens (including phenoxy) is 3. The second-order valence-corrected chi connectivity index (χ2v) is 6.49. The first-order valence-corrected chi connectivity index (χ1v) is 8.77. The predicted molar refractivity (Wildman–Crippen MR) is 99.6 cm³/mol. The maximum atomic E-state index is 12.2. The summed E-state index contributed by atoms with van der Waals surface area (Å²) >= 11 is 0. The highest BCUT2D eigenvalue weighted by Gasteiger charge is 2.43. The molecular formula is C20H19N3O5. The molecule has 1 atom stereocenters. The molecule has 0 spiro atoms. The van der Waals surface area contributed by atoms with Crippen LogP contribution in [-0.2, 0) is 14.9 Å². The lowest BCUT2D eigenvalue weighted by atomic mass is 9.79. The molecule has 0 bridgehead atoms. The molecule has 1 saturated heterocycles. The Hall–Kier alpha value is -3.23. The summed E-state index contributed by atoms with van der Waals surface area (Å²) in [6, 6.07) is 12.5. The summed E-state index contributed by atoms with van der Waals surface area (Å²) in [7, 11) is 1.55. The van der Waals surface area contributed by atoms with E-state index in [2.05, 4.69) is 9.97 Å². The molecule has 144 valence electrons. The lowest BCUT2D eigenvalue weighted by molar-refractivity contribution is -0.135. The number of hydrogen-bond donors (Lipinski definition) is 2. The number of nitrogens with zero attached hydrogens (tertiary/aromatic N) is 2. The van der Waals surface area contributed by atoms with Crippen molar-refractivity contribution in [1.29, 1.82) is 0 Å². The summed E-state index contributed by atoms with van der Waals surface area (Å²) < 4.78 is 16.5. The van der Waals surface area contributed by atoms with Crippen molar-refractivity contribution in [3.05, 3.63) is 54.2 Å². The van der Waals surface area contributed by atoms with Crippen molar-refractivity contribution in [2.75, 3.05) is 20.3 Å². The van der Waals surface area contributed by atoms with Crippen LogP contribution < -0.4 is 15.0 Å². The summed E-state index contributed by atoms with van der Waals surface area (Å²) in [4.78, 5) is 20.8. The van der Waals surface area contributed by atoms with Crippen LogP contribution in [0.3, 0.4) is 0 Å². The number of amides is 1. The zero-order chi connectivity index (χ0) is 19.6. The highest BCUT2D eigenvalue weighted by molar-refractivity contribution is 5.88. The van der Waals surface area contributed by atoms with Gasteiger partial charge in [0.15, 0.2) is 5.65 Å². The molecule has 3 heterocycles. The van der Waals surface area contributed by atoms with Gasteiger partial charge in [0.25, 0.3) is 5.91 Å². The highest BCUT2D eigenvalue weighted by Crippen LogP contribution is 2.35. The SMILES string of the molecule is COc1ccc2c(Oc3ccc(C4(C(=O)NO)CCOC4)cc3)ccnc2n1. The van der Waals surface area contributed by atoms with Crippen LogP contribution in [0.15, 0.2) is 48.7 Å². The Morgan fingerprint density at radius 1 is 1.21 bits per heavy atom. The third-order valence-corrected chi connectivity index (χ3v) is 4.94. The molecule has 8 nitrogen and oxygen atoms in total. The van der Waals surface area contributed by atoms with Crippen LogP contribution in [0.1, 0.15) is 12.0 Å². The minimum atomic E-state index is -0.892. The van der Waals surface area contributed by atoms with Gasteiger partial charge in [-0.25, -0.2) is 10.5 Å². The Bertz CT molecular complexity index is 1000. The van der Waals surface area contributed by atoms with Crippen molar-refractivity contribution in [2.24, 2.45) is 0 Å². The van der Waals surface area contributed by atoms with Crippen molar-refractivity contribution < 1.29 is 24.2 Å². The highest BCUT2D eigenvalue weighted by atomic mass is 16.5. The Morgan fingerprint density at radius 3 is 2.71 bits per heavy atom. The van der Waals surface area contributed by atoms with Crippen molar-refractivity contribution in [3.8, 4) is 17.4 Å². The topological polar surface area (TPSA) is 103 Å². The van der Waals surface area contributed by atoms with Crippen molar-refractivity contribution in [1.82, 2.24) is 15.4 Å². The van der Waals surface area contributed by atoms with E-state index in [9.17, 15) is 4.79 Å². The number of hydrogen-bond acceptors (Lipinski definition) is 7. The molecule has 1 aliphatic heterocycles. The Morgan fingerprint density at radius 2 is 2.04 bits per heavy atom. The first-order chi connectivity index (χ1) is 13.7. The van der Waals surface area contributed by atoms with Gasteiger partial charge in [0.05, 0.1) is 19.1 Å². The molecule has 4 rings (SSSR count). The largest absolute Gasteiger partial charge is 0.481 e. The third kappa shape index (κ3) is 3.12. The fourth-order valence-corrected chi connectivity index (χ4v) is 3.37. The number of pyridine rings is 2. The fraction of sp³-hybridized carbons (Fsp3) is 0.250. The molecule has 1 aliphatic rings. The van der Waals surface area contributed by atoms with Crippen LogP contribution in [0.5, 0.6) is 17.4 Å². The molecule has 0 aliphatic carbocycles. The average molecular weight is 381 g/mol. The molecule has 1 fully saturated rings. The summed E-state index contributed by atoms with van der Waals surface area (Å²) in [5, 5.41) is 9.87. The van der Waals surface area contributed by atoms with E-state index in [1.54, 1.807) is 43.1 Å². The molecule has 1 unspecified atom stereocenters. The molecule has 3 aromatic rings. The maximum absolute atomic E-state index is 12.2. The number of aromatic nitrogens is 2. The van der Waals surface area contributed by atoms with Gasteiger partial charge in [-0.1, -0.05) is 12.1 Å². The molecule has 1 aromatic carbocycles. The van der Waals surface area contributed by atoms with Crippen LogP contribution in [0.2, 0.25) is 0 Å². The molecule has 0 radical (unpaired) electrons. The standard InChI is InChI=1S/C20H19N3O5/c1-26-17-7-6-15-16(8-10-21-18(15)22-17)28-14-4-2-13(3-5-14)20(19(24)23-25)9-11-27-12-20/h2-8,10,25H,9,11-12H2,1H3,(H,23,24). The van der Waals surface area contributed by atoms with E-state index in [-0.39, 0.29) is 6.61 Å². The van der Waals surface area contributed by atoms with E-state index in [1.807, 2.05) is 18.2 Å². The summed E-state index contributed by atoms with van der Waals surface area (Å²) in [6.07, 6.45) is 2.12. The number of benzene rings is 1. The molecule has 2 N–H and O–H groups in total. The molecular weight excluding hydrogens is 362 g/mol. The van der Waals surface area contributed by atoms with E-state index in [0.29, 0.717) is 36.1 Å². The molecule has 0 saturated carbocycles. The monoisotopic (exact) mass is 381 g/mol. The summed E-state index contributed by atoms with van der Waals surface area (Å²) in [6.45, 7) is 0.688. The van der Waals surface area contributed by atoms with Crippen LogP contribution in [-0.4, -0.2) is 41.4 Å². The van der Waals surface area contributed by atoms with Gasteiger partial charge >= 0.3 is 0 Å². The van der Waals surface area contributed by atoms with E-state index in [4.69, 9.17) is 19.4 Å². The number of carbonyl (C=O) groups excluding carboxylic acids is 1. The van der Waals surface area contributed by atoms with Gasteiger partial charge in [-0.15, -0.1) is 0 Å². The van der Waals surface area contributed by atoms with Gasteiger partial charge in [0, 0.05) is 18.9 Å².